The molecule has 0 aromatic heterocycles. The Hall–Kier alpha value is -1.83. The Morgan fingerprint density at radius 1 is 1.10 bits per heavy atom. The number of hydrogen-bond donors (Lipinski definition) is 2. The van der Waals surface area contributed by atoms with Gasteiger partial charge in [0.05, 0.1) is 10.5 Å². The Kier molecular flexibility index (Phi) is 4.66. The zero-order valence-electron chi connectivity index (χ0n) is 11.1. The minimum atomic E-state index is -3.44. The Morgan fingerprint density at radius 3 is 2.33 bits per heavy atom. The van der Waals surface area contributed by atoms with Gasteiger partial charge in [0.25, 0.3) is 0 Å². The zero-order chi connectivity index (χ0) is 15.5. The fourth-order valence-electron chi connectivity index (χ4n) is 1.63. The molecule has 2 aromatic carbocycles. The normalized spacial score (nSPS) is 11.3. The summed E-state index contributed by atoms with van der Waals surface area (Å²) in [6.45, 7) is 0. The summed E-state index contributed by atoms with van der Waals surface area (Å²) in [6.07, 6.45) is 0. The van der Waals surface area contributed by atoms with Gasteiger partial charge in [-0.1, -0.05) is 17.8 Å². The number of hydrogen-bond acceptors (Lipinski definition) is 4. The first-order valence-corrected chi connectivity index (χ1v) is 8.27. The van der Waals surface area contributed by atoms with E-state index in [1.54, 1.807) is 30.3 Å². The van der Waals surface area contributed by atoms with Gasteiger partial charge in [0.1, 0.15) is 0 Å². The molecule has 5 nitrogen and oxygen atoms in total. The number of carboxylic acid groups (broad SMARTS) is 1. The summed E-state index contributed by atoms with van der Waals surface area (Å²) in [5.41, 5.74) is 0.217. The summed E-state index contributed by atoms with van der Waals surface area (Å²) >= 11 is 1.37. The minimum Gasteiger partial charge on any atom is -0.478 e. The van der Waals surface area contributed by atoms with Gasteiger partial charge in [0, 0.05) is 9.79 Å². The largest absolute Gasteiger partial charge is 0.478 e. The van der Waals surface area contributed by atoms with Crippen molar-refractivity contribution in [2.24, 2.45) is 0 Å². The van der Waals surface area contributed by atoms with Crippen LogP contribution in [-0.2, 0) is 10.0 Å². The molecule has 0 aliphatic heterocycles. The van der Waals surface area contributed by atoms with Gasteiger partial charge in [-0.3, -0.25) is 0 Å². The van der Waals surface area contributed by atoms with E-state index in [4.69, 9.17) is 5.11 Å². The summed E-state index contributed by atoms with van der Waals surface area (Å²) in [5, 5.41) is 8.95. The van der Waals surface area contributed by atoms with Crippen LogP contribution < -0.4 is 4.72 Å². The maximum absolute atomic E-state index is 11.6. The SMILES string of the molecule is CNS(=O)(=O)c1ccc(Sc2cccc(C(=O)O)c2)cc1. The van der Waals surface area contributed by atoms with Crippen LogP contribution in [0.25, 0.3) is 0 Å². The number of carbonyl (C=O) groups is 1. The van der Waals surface area contributed by atoms with Crippen molar-refractivity contribution in [3.8, 4) is 0 Å². The number of aromatic carboxylic acids is 1. The van der Waals surface area contributed by atoms with Crippen molar-refractivity contribution in [2.75, 3.05) is 7.05 Å². The molecule has 0 atom stereocenters. The molecular weight excluding hydrogens is 310 g/mol. The Bertz CT molecular complexity index is 755. The fourth-order valence-corrected chi connectivity index (χ4v) is 3.24. The molecule has 2 aromatic rings. The Labute approximate surface area is 127 Å². The molecule has 0 saturated carbocycles. The highest BCUT2D eigenvalue weighted by Crippen LogP contribution is 2.28. The van der Waals surface area contributed by atoms with Crippen LogP contribution in [0.4, 0.5) is 0 Å². The summed E-state index contributed by atoms with van der Waals surface area (Å²) in [7, 11) is -2.09. The quantitative estimate of drug-likeness (QED) is 0.883. The number of rotatable bonds is 5. The van der Waals surface area contributed by atoms with Crippen molar-refractivity contribution in [3.63, 3.8) is 0 Å². The van der Waals surface area contributed by atoms with Crippen LogP contribution in [0.5, 0.6) is 0 Å². The van der Waals surface area contributed by atoms with Gasteiger partial charge in [0.15, 0.2) is 0 Å². The van der Waals surface area contributed by atoms with Gasteiger partial charge in [-0.05, 0) is 49.5 Å². The number of benzene rings is 2. The van der Waals surface area contributed by atoms with E-state index in [-0.39, 0.29) is 10.5 Å². The lowest BCUT2D eigenvalue weighted by Crippen LogP contribution is -2.18. The smallest absolute Gasteiger partial charge is 0.335 e. The number of sulfonamides is 1. The molecule has 0 radical (unpaired) electrons. The van der Waals surface area contributed by atoms with Crippen molar-refractivity contribution in [3.05, 3.63) is 54.1 Å². The first-order valence-electron chi connectivity index (χ1n) is 5.97. The van der Waals surface area contributed by atoms with E-state index < -0.39 is 16.0 Å². The average Bonchev–Trinajstić information content (AvgIpc) is 2.48. The molecule has 0 unspecified atom stereocenters. The van der Waals surface area contributed by atoms with Gasteiger partial charge in [-0.15, -0.1) is 0 Å². The van der Waals surface area contributed by atoms with Crippen LogP contribution in [-0.4, -0.2) is 26.5 Å². The summed E-state index contributed by atoms with van der Waals surface area (Å²) in [4.78, 5) is 12.7. The zero-order valence-corrected chi connectivity index (χ0v) is 12.7. The van der Waals surface area contributed by atoms with E-state index in [1.165, 1.54) is 37.0 Å². The predicted octanol–water partition coefficient (Wildman–Crippen LogP) is 2.44. The maximum Gasteiger partial charge on any atom is 0.335 e. The predicted molar refractivity (Wildman–Crippen MR) is 80.2 cm³/mol. The highest BCUT2D eigenvalue weighted by atomic mass is 32.2. The second-order valence-electron chi connectivity index (χ2n) is 4.11. The molecule has 0 aliphatic carbocycles. The third-order valence-corrected chi connectivity index (χ3v) is 5.15. The first kappa shape index (κ1) is 15.6. The third-order valence-electron chi connectivity index (χ3n) is 2.72. The molecule has 0 spiro atoms. The van der Waals surface area contributed by atoms with E-state index in [1.807, 2.05) is 0 Å². The van der Waals surface area contributed by atoms with Crippen molar-refractivity contribution in [1.82, 2.24) is 4.72 Å². The summed E-state index contributed by atoms with van der Waals surface area (Å²) in [6, 6.07) is 13.0. The van der Waals surface area contributed by atoms with Crippen LogP contribution in [0.15, 0.2) is 63.2 Å². The van der Waals surface area contributed by atoms with Crippen LogP contribution in [0, 0.1) is 0 Å². The molecule has 110 valence electrons. The molecule has 0 amide bonds. The molecule has 2 N–H and O–H groups in total. The second-order valence-corrected chi connectivity index (χ2v) is 7.15. The van der Waals surface area contributed by atoms with Crippen LogP contribution in [0.3, 0.4) is 0 Å². The topological polar surface area (TPSA) is 83.5 Å². The van der Waals surface area contributed by atoms with Crippen molar-refractivity contribution in [2.45, 2.75) is 14.7 Å². The van der Waals surface area contributed by atoms with E-state index in [2.05, 4.69) is 4.72 Å². The highest BCUT2D eigenvalue weighted by Gasteiger charge is 2.11. The molecule has 21 heavy (non-hydrogen) atoms. The molecular formula is C14H13NO4S2. The third kappa shape index (κ3) is 3.84. The molecule has 0 fully saturated rings. The first-order chi connectivity index (χ1) is 9.92. The lowest BCUT2D eigenvalue weighted by atomic mass is 10.2. The highest BCUT2D eigenvalue weighted by molar-refractivity contribution is 7.99. The van der Waals surface area contributed by atoms with Crippen molar-refractivity contribution >= 4 is 27.8 Å². The van der Waals surface area contributed by atoms with Crippen LogP contribution in [0.2, 0.25) is 0 Å². The number of carboxylic acids is 1. The van der Waals surface area contributed by atoms with Gasteiger partial charge in [-0.2, -0.15) is 0 Å². The fraction of sp³-hybridized carbons (Fsp3) is 0.0714. The lowest BCUT2D eigenvalue weighted by Gasteiger charge is -2.05. The van der Waals surface area contributed by atoms with Gasteiger partial charge < -0.3 is 5.11 Å². The lowest BCUT2D eigenvalue weighted by molar-refractivity contribution is 0.0696. The van der Waals surface area contributed by atoms with Crippen molar-refractivity contribution < 1.29 is 18.3 Å². The molecule has 0 saturated heterocycles. The average molecular weight is 323 g/mol. The number of nitrogens with one attached hydrogen (secondary N) is 1. The van der Waals surface area contributed by atoms with Gasteiger partial charge in [-0.25, -0.2) is 17.9 Å². The van der Waals surface area contributed by atoms with E-state index in [9.17, 15) is 13.2 Å². The molecule has 0 aliphatic rings. The molecule has 7 heteroatoms. The maximum atomic E-state index is 11.6. The van der Waals surface area contributed by atoms with E-state index in [0.29, 0.717) is 0 Å². The van der Waals surface area contributed by atoms with E-state index in [0.717, 1.165) is 9.79 Å². The summed E-state index contributed by atoms with van der Waals surface area (Å²) < 4.78 is 25.5. The molecule has 2 rings (SSSR count). The summed E-state index contributed by atoms with van der Waals surface area (Å²) in [5.74, 6) is -0.979. The van der Waals surface area contributed by atoms with Gasteiger partial charge >= 0.3 is 5.97 Å². The Balaban J connectivity index is 2.21. The standard InChI is InChI=1S/C14H13NO4S2/c1-15-21(18,19)13-7-5-11(6-8-13)20-12-4-2-3-10(9-12)14(16)17/h2-9,15H,1H3,(H,16,17). The van der Waals surface area contributed by atoms with Crippen LogP contribution in [0.1, 0.15) is 10.4 Å². The Morgan fingerprint density at radius 2 is 1.76 bits per heavy atom. The monoisotopic (exact) mass is 323 g/mol. The van der Waals surface area contributed by atoms with Gasteiger partial charge in [0.2, 0.25) is 10.0 Å². The minimum absolute atomic E-state index is 0.189. The molecule has 0 heterocycles. The van der Waals surface area contributed by atoms with Crippen LogP contribution >= 0.6 is 11.8 Å². The van der Waals surface area contributed by atoms with E-state index >= 15 is 0 Å². The second kappa shape index (κ2) is 6.30. The molecule has 0 bridgehead atoms. The van der Waals surface area contributed by atoms with Crippen molar-refractivity contribution in [1.29, 1.82) is 0 Å².